The van der Waals surface area contributed by atoms with E-state index in [1.165, 1.54) is 0 Å². The average Bonchev–Trinajstić information content (AvgIpc) is 2.74. The smallest absolute Gasteiger partial charge is 0.251 e. The molecule has 1 saturated heterocycles. The number of hydrogen-bond donors (Lipinski definition) is 2. The second kappa shape index (κ2) is 10.1. The Morgan fingerprint density at radius 2 is 1.66 bits per heavy atom. The highest BCUT2D eigenvalue weighted by molar-refractivity contribution is 6.30. The lowest BCUT2D eigenvalue weighted by molar-refractivity contribution is -0.142. The van der Waals surface area contributed by atoms with Gasteiger partial charge < -0.3 is 15.5 Å². The molecule has 0 bridgehead atoms. The largest absolute Gasteiger partial charge is 0.352 e. The molecule has 29 heavy (non-hydrogen) atoms. The number of carbonyl (C=O) groups excluding carboxylic acids is 3. The van der Waals surface area contributed by atoms with Crippen molar-refractivity contribution in [3.8, 4) is 0 Å². The van der Waals surface area contributed by atoms with Crippen LogP contribution in [0.15, 0.2) is 54.6 Å². The number of benzene rings is 2. The van der Waals surface area contributed by atoms with Gasteiger partial charge in [0, 0.05) is 36.6 Å². The molecule has 1 fully saturated rings. The molecule has 1 heterocycles. The van der Waals surface area contributed by atoms with E-state index >= 15 is 0 Å². The first kappa shape index (κ1) is 20.9. The molecule has 2 N–H and O–H groups in total. The average molecular weight is 414 g/mol. The van der Waals surface area contributed by atoms with Gasteiger partial charge in [0.15, 0.2) is 0 Å². The van der Waals surface area contributed by atoms with Crippen molar-refractivity contribution in [2.24, 2.45) is 0 Å². The molecule has 0 saturated carbocycles. The van der Waals surface area contributed by atoms with E-state index in [0.717, 1.165) is 18.4 Å². The van der Waals surface area contributed by atoms with Crippen LogP contribution in [0.5, 0.6) is 0 Å². The summed E-state index contributed by atoms with van der Waals surface area (Å²) in [5, 5.41) is 6.17. The number of hydrogen-bond acceptors (Lipinski definition) is 3. The second-order valence-corrected chi connectivity index (χ2v) is 7.35. The standard InChI is InChI=1S/C22H24ClN3O3/c23-18-11-9-17(10-12-18)21(28)24-13-14-25-22(29)20(16-6-2-1-3-7-16)26-15-5-4-8-19(26)27/h1-3,6-7,9-12,20H,4-5,8,13-15H2,(H,24,28)(H,25,29). The highest BCUT2D eigenvalue weighted by Gasteiger charge is 2.32. The number of likely N-dealkylation sites (tertiary alicyclic amines) is 1. The summed E-state index contributed by atoms with van der Waals surface area (Å²) in [7, 11) is 0. The van der Waals surface area contributed by atoms with Crippen LogP contribution in [0.2, 0.25) is 5.02 Å². The molecule has 0 aliphatic carbocycles. The zero-order valence-corrected chi connectivity index (χ0v) is 16.8. The summed E-state index contributed by atoms with van der Waals surface area (Å²) < 4.78 is 0. The van der Waals surface area contributed by atoms with Gasteiger partial charge in [0.1, 0.15) is 6.04 Å². The molecule has 152 valence electrons. The molecule has 0 aromatic heterocycles. The van der Waals surface area contributed by atoms with E-state index in [-0.39, 0.29) is 30.8 Å². The SMILES string of the molecule is O=C(NCCNC(=O)C(c1ccccc1)N1CCCCC1=O)c1ccc(Cl)cc1. The summed E-state index contributed by atoms with van der Waals surface area (Å²) in [6.07, 6.45) is 2.21. The zero-order valence-electron chi connectivity index (χ0n) is 16.1. The van der Waals surface area contributed by atoms with Crippen molar-refractivity contribution >= 4 is 29.3 Å². The fourth-order valence-corrected chi connectivity index (χ4v) is 3.50. The molecule has 2 aromatic rings. The highest BCUT2D eigenvalue weighted by atomic mass is 35.5. The Morgan fingerprint density at radius 1 is 0.966 bits per heavy atom. The molecule has 3 rings (SSSR count). The van der Waals surface area contributed by atoms with Gasteiger partial charge in [-0.3, -0.25) is 14.4 Å². The third kappa shape index (κ3) is 5.57. The van der Waals surface area contributed by atoms with Crippen molar-refractivity contribution in [1.29, 1.82) is 0 Å². The number of piperidine rings is 1. The summed E-state index contributed by atoms with van der Waals surface area (Å²) in [4.78, 5) is 39.1. The van der Waals surface area contributed by atoms with Crippen LogP contribution < -0.4 is 10.6 Å². The van der Waals surface area contributed by atoms with E-state index in [2.05, 4.69) is 10.6 Å². The summed E-state index contributed by atoms with van der Waals surface area (Å²) in [5.41, 5.74) is 1.28. The van der Waals surface area contributed by atoms with Crippen LogP contribution in [-0.4, -0.2) is 42.3 Å². The van der Waals surface area contributed by atoms with E-state index in [4.69, 9.17) is 11.6 Å². The molecule has 3 amide bonds. The van der Waals surface area contributed by atoms with Crippen LogP contribution in [-0.2, 0) is 9.59 Å². The first-order valence-electron chi connectivity index (χ1n) is 9.72. The number of rotatable bonds is 7. The lowest BCUT2D eigenvalue weighted by Crippen LogP contribution is -2.47. The maximum Gasteiger partial charge on any atom is 0.251 e. The predicted octanol–water partition coefficient (Wildman–Crippen LogP) is 2.94. The molecule has 1 aliphatic rings. The van der Waals surface area contributed by atoms with Gasteiger partial charge >= 0.3 is 0 Å². The quantitative estimate of drug-likeness (QED) is 0.685. The van der Waals surface area contributed by atoms with Gasteiger partial charge in [-0.2, -0.15) is 0 Å². The first-order valence-corrected chi connectivity index (χ1v) is 10.1. The summed E-state index contributed by atoms with van der Waals surface area (Å²) in [6.45, 7) is 1.12. The van der Waals surface area contributed by atoms with Gasteiger partial charge in [-0.15, -0.1) is 0 Å². The summed E-state index contributed by atoms with van der Waals surface area (Å²) in [6, 6.07) is 15.2. The van der Waals surface area contributed by atoms with Crippen molar-refractivity contribution in [2.75, 3.05) is 19.6 Å². The fraction of sp³-hybridized carbons (Fsp3) is 0.318. The summed E-state index contributed by atoms with van der Waals surface area (Å²) >= 11 is 5.83. The number of amides is 3. The van der Waals surface area contributed by atoms with Crippen molar-refractivity contribution in [2.45, 2.75) is 25.3 Å². The van der Waals surface area contributed by atoms with Gasteiger partial charge in [-0.1, -0.05) is 41.9 Å². The fourth-order valence-electron chi connectivity index (χ4n) is 3.37. The lowest BCUT2D eigenvalue weighted by atomic mass is 10.0. The molecule has 6 nitrogen and oxygen atoms in total. The van der Waals surface area contributed by atoms with Crippen LogP contribution in [0.25, 0.3) is 0 Å². The number of nitrogens with one attached hydrogen (secondary N) is 2. The van der Waals surface area contributed by atoms with Crippen LogP contribution in [0.4, 0.5) is 0 Å². The monoisotopic (exact) mass is 413 g/mol. The van der Waals surface area contributed by atoms with Crippen LogP contribution in [0.3, 0.4) is 0 Å². The minimum atomic E-state index is -0.657. The van der Waals surface area contributed by atoms with Gasteiger partial charge in [0.05, 0.1) is 0 Å². The Morgan fingerprint density at radius 3 is 2.34 bits per heavy atom. The number of halogens is 1. The second-order valence-electron chi connectivity index (χ2n) is 6.91. The number of nitrogens with zero attached hydrogens (tertiary/aromatic N) is 1. The zero-order chi connectivity index (χ0) is 20.6. The molecule has 0 spiro atoms. The first-order chi connectivity index (χ1) is 14.1. The van der Waals surface area contributed by atoms with E-state index in [0.29, 0.717) is 23.6 Å². The molecule has 1 atom stereocenters. The van der Waals surface area contributed by atoms with Crippen LogP contribution in [0, 0.1) is 0 Å². The van der Waals surface area contributed by atoms with Gasteiger partial charge in [0.25, 0.3) is 5.91 Å². The maximum atomic E-state index is 12.9. The van der Waals surface area contributed by atoms with Crippen molar-refractivity contribution in [1.82, 2.24) is 15.5 Å². The third-order valence-electron chi connectivity index (χ3n) is 4.85. The Labute approximate surface area is 175 Å². The third-order valence-corrected chi connectivity index (χ3v) is 5.10. The summed E-state index contributed by atoms with van der Waals surface area (Å²) in [5.74, 6) is -0.481. The van der Waals surface area contributed by atoms with Crippen LogP contribution >= 0.6 is 11.6 Å². The highest BCUT2D eigenvalue weighted by Crippen LogP contribution is 2.25. The van der Waals surface area contributed by atoms with Crippen molar-refractivity contribution < 1.29 is 14.4 Å². The van der Waals surface area contributed by atoms with Crippen LogP contribution in [0.1, 0.15) is 41.2 Å². The van der Waals surface area contributed by atoms with Gasteiger partial charge in [0.2, 0.25) is 11.8 Å². The van der Waals surface area contributed by atoms with E-state index in [1.807, 2.05) is 30.3 Å². The van der Waals surface area contributed by atoms with Gasteiger partial charge in [-0.25, -0.2) is 0 Å². The van der Waals surface area contributed by atoms with Crippen molar-refractivity contribution in [3.63, 3.8) is 0 Å². The minimum absolute atomic E-state index is 0.00343. The Bertz CT molecular complexity index is 855. The minimum Gasteiger partial charge on any atom is -0.352 e. The van der Waals surface area contributed by atoms with E-state index < -0.39 is 6.04 Å². The molecular weight excluding hydrogens is 390 g/mol. The predicted molar refractivity (Wildman–Crippen MR) is 112 cm³/mol. The molecule has 1 aliphatic heterocycles. The van der Waals surface area contributed by atoms with Gasteiger partial charge in [-0.05, 0) is 42.7 Å². The molecular formula is C22H24ClN3O3. The molecule has 2 aromatic carbocycles. The van der Waals surface area contributed by atoms with Crippen molar-refractivity contribution in [3.05, 3.63) is 70.7 Å². The van der Waals surface area contributed by atoms with E-state index in [1.54, 1.807) is 29.2 Å². The Balaban J connectivity index is 1.58. The normalized spacial score (nSPS) is 14.9. The Hall–Kier alpha value is -2.86. The molecule has 1 unspecified atom stereocenters. The Kier molecular flexibility index (Phi) is 7.25. The number of carbonyl (C=O) groups is 3. The van der Waals surface area contributed by atoms with E-state index in [9.17, 15) is 14.4 Å². The lowest BCUT2D eigenvalue weighted by Gasteiger charge is -2.34. The molecule has 0 radical (unpaired) electrons. The molecule has 7 heteroatoms. The maximum absolute atomic E-state index is 12.9. The topological polar surface area (TPSA) is 78.5 Å².